The molecule has 0 aliphatic heterocycles. The van der Waals surface area contributed by atoms with E-state index in [9.17, 15) is 13.2 Å². The van der Waals surface area contributed by atoms with Crippen molar-refractivity contribution < 1.29 is 13.2 Å². The van der Waals surface area contributed by atoms with E-state index in [0.717, 1.165) is 30.5 Å². The maximum absolute atomic E-state index is 12.2. The minimum atomic E-state index is -3.44. The Hall–Kier alpha value is -1.73. The topological polar surface area (TPSA) is 76.1 Å². The number of nitrogens with zero attached hydrogens (tertiary/aromatic N) is 1. The molecule has 1 heterocycles. The molecule has 0 fully saturated rings. The Labute approximate surface area is 139 Å². The Balaban J connectivity index is 1.58. The van der Waals surface area contributed by atoms with Gasteiger partial charge in [-0.25, -0.2) is 13.4 Å². The van der Waals surface area contributed by atoms with Crippen molar-refractivity contribution >= 4 is 32.2 Å². The van der Waals surface area contributed by atoms with Crippen molar-refractivity contribution in [1.82, 2.24) is 4.98 Å². The first-order chi connectivity index (χ1) is 10.9. The number of aryl methyl sites for hydroxylation is 3. The number of aromatic nitrogens is 1. The van der Waals surface area contributed by atoms with Crippen LogP contribution in [0.5, 0.6) is 0 Å². The predicted molar refractivity (Wildman–Crippen MR) is 90.6 cm³/mol. The third-order valence-corrected chi connectivity index (χ3v) is 6.62. The zero-order valence-corrected chi connectivity index (χ0v) is 14.5. The summed E-state index contributed by atoms with van der Waals surface area (Å²) in [7, 11) is -3.44. The molecule has 0 saturated heterocycles. The first kappa shape index (κ1) is 16.1. The second-order valence-electron chi connectivity index (χ2n) is 5.67. The molecule has 1 aromatic heterocycles. The van der Waals surface area contributed by atoms with Crippen LogP contribution < -0.4 is 5.32 Å². The number of rotatable bonds is 5. The van der Waals surface area contributed by atoms with Gasteiger partial charge in [0.25, 0.3) is 0 Å². The van der Waals surface area contributed by atoms with Gasteiger partial charge in [0, 0.05) is 11.3 Å². The monoisotopic (exact) mass is 350 g/mol. The van der Waals surface area contributed by atoms with Crippen LogP contribution in [0.15, 0.2) is 29.2 Å². The van der Waals surface area contributed by atoms with Crippen molar-refractivity contribution in [1.29, 1.82) is 0 Å². The molecule has 2 aromatic rings. The van der Waals surface area contributed by atoms with Gasteiger partial charge < -0.3 is 5.32 Å². The molecule has 1 amide bonds. The Morgan fingerprint density at radius 3 is 2.70 bits per heavy atom. The third kappa shape index (κ3) is 3.79. The Morgan fingerprint density at radius 1 is 1.26 bits per heavy atom. The molecular formula is C16H18N2O3S2. The molecule has 0 radical (unpaired) electrons. The first-order valence-electron chi connectivity index (χ1n) is 7.52. The fourth-order valence-corrected chi connectivity index (χ4v) is 4.82. The summed E-state index contributed by atoms with van der Waals surface area (Å²) in [5.74, 6) is -0.513. The number of carbonyl (C=O) groups excluding carboxylic acids is 1. The van der Waals surface area contributed by atoms with Crippen LogP contribution in [0.1, 0.15) is 29.0 Å². The smallest absolute Gasteiger partial charge is 0.227 e. The van der Waals surface area contributed by atoms with Crippen molar-refractivity contribution in [2.75, 3.05) is 11.1 Å². The normalized spacial score (nSPS) is 13.8. The zero-order valence-electron chi connectivity index (χ0n) is 12.8. The first-order valence-corrected chi connectivity index (χ1v) is 9.99. The van der Waals surface area contributed by atoms with Crippen LogP contribution in [0, 0.1) is 6.92 Å². The number of amides is 1. The van der Waals surface area contributed by atoms with E-state index in [2.05, 4.69) is 10.3 Å². The fraction of sp³-hybridized carbons (Fsp3) is 0.375. The van der Waals surface area contributed by atoms with Gasteiger partial charge in [0.2, 0.25) is 5.91 Å². The highest BCUT2D eigenvalue weighted by molar-refractivity contribution is 7.91. The van der Waals surface area contributed by atoms with E-state index >= 15 is 0 Å². The molecule has 122 valence electrons. The number of sulfone groups is 1. The summed E-state index contributed by atoms with van der Waals surface area (Å²) in [6, 6.07) is 6.66. The Bertz CT molecular complexity index is 802. The second-order valence-corrected chi connectivity index (χ2v) is 8.87. The van der Waals surface area contributed by atoms with Crippen LogP contribution in [0.4, 0.5) is 5.13 Å². The fourth-order valence-electron chi connectivity index (χ4n) is 2.52. The molecule has 0 saturated carbocycles. The van der Waals surface area contributed by atoms with E-state index in [0.29, 0.717) is 5.13 Å². The van der Waals surface area contributed by atoms with Crippen molar-refractivity contribution in [3.63, 3.8) is 0 Å². The predicted octanol–water partition coefficient (Wildman–Crippen LogP) is 2.74. The third-order valence-electron chi connectivity index (χ3n) is 3.82. The summed E-state index contributed by atoms with van der Waals surface area (Å²) in [5, 5.41) is 3.28. The number of nitrogens with one attached hydrogen (secondary N) is 1. The largest absolute Gasteiger partial charge is 0.302 e. The molecule has 0 unspecified atom stereocenters. The van der Waals surface area contributed by atoms with Gasteiger partial charge >= 0.3 is 0 Å². The molecule has 5 nitrogen and oxygen atoms in total. The van der Waals surface area contributed by atoms with Crippen LogP contribution in [-0.2, 0) is 27.5 Å². The number of benzene rings is 1. The van der Waals surface area contributed by atoms with Crippen LogP contribution in [0.3, 0.4) is 0 Å². The quantitative estimate of drug-likeness (QED) is 0.899. The van der Waals surface area contributed by atoms with Gasteiger partial charge in [-0.05, 0) is 38.3 Å². The molecule has 0 spiro atoms. The van der Waals surface area contributed by atoms with Crippen molar-refractivity contribution in [3.05, 3.63) is 40.4 Å². The maximum Gasteiger partial charge on any atom is 0.227 e. The van der Waals surface area contributed by atoms with Crippen molar-refractivity contribution in [2.45, 2.75) is 37.5 Å². The second kappa shape index (κ2) is 6.41. The summed E-state index contributed by atoms with van der Waals surface area (Å²) in [6.07, 6.45) is 3.03. The average molecular weight is 350 g/mol. The summed E-state index contributed by atoms with van der Waals surface area (Å²) in [5.41, 5.74) is 2.07. The van der Waals surface area contributed by atoms with Gasteiger partial charge in [0.05, 0.1) is 16.3 Å². The Morgan fingerprint density at radius 2 is 2.00 bits per heavy atom. The zero-order chi connectivity index (χ0) is 16.4. The number of hydrogen-bond acceptors (Lipinski definition) is 5. The van der Waals surface area contributed by atoms with Gasteiger partial charge in [-0.15, -0.1) is 11.3 Å². The van der Waals surface area contributed by atoms with E-state index < -0.39 is 9.84 Å². The molecule has 23 heavy (non-hydrogen) atoms. The van der Waals surface area contributed by atoms with Crippen molar-refractivity contribution in [3.8, 4) is 0 Å². The molecule has 1 aliphatic carbocycles. The van der Waals surface area contributed by atoms with E-state index in [4.69, 9.17) is 0 Å². The molecule has 7 heteroatoms. The van der Waals surface area contributed by atoms with E-state index in [1.165, 1.54) is 16.2 Å². The number of fused-ring (bicyclic) bond motifs is 1. The number of hydrogen-bond donors (Lipinski definition) is 1. The van der Waals surface area contributed by atoms with Crippen LogP contribution in [0.25, 0.3) is 0 Å². The molecular weight excluding hydrogens is 332 g/mol. The average Bonchev–Trinajstić information content (AvgIpc) is 3.07. The van der Waals surface area contributed by atoms with E-state index in [-0.39, 0.29) is 23.0 Å². The molecule has 1 N–H and O–H groups in total. The van der Waals surface area contributed by atoms with Crippen molar-refractivity contribution in [2.24, 2.45) is 0 Å². The molecule has 3 rings (SSSR count). The van der Waals surface area contributed by atoms with Gasteiger partial charge in [-0.2, -0.15) is 0 Å². The van der Waals surface area contributed by atoms with Gasteiger partial charge in [-0.3, -0.25) is 4.79 Å². The SMILES string of the molecule is Cc1ccc(S(=O)(=O)CCC(=O)Nc2nc3c(s2)CCC3)cc1. The highest BCUT2D eigenvalue weighted by Crippen LogP contribution is 2.30. The lowest BCUT2D eigenvalue weighted by molar-refractivity contribution is -0.115. The minimum absolute atomic E-state index is 0.0690. The van der Waals surface area contributed by atoms with Gasteiger partial charge in [-0.1, -0.05) is 17.7 Å². The van der Waals surface area contributed by atoms with Crippen LogP contribution in [0.2, 0.25) is 0 Å². The summed E-state index contributed by atoms with van der Waals surface area (Å²) in [6.45, 7) is 1.90. The molecule has 0 atom stereocenters. The number of thiazole rings is 1. The molecule has 1 aromatic carbocycles. The van der Waals surface area contributed by atoms with E-state index in [1.807, 2.05) is 6.92 Å². The summed E-state index contributed by atoms with van der Waals surface area (Å²) >= 11 is 1.49. The highest BCUT2D eigenvalue weighted by Gasteiger charge is 2.19. The summed E-state index contributed by atoms with van der Waals surface area (Å²) < 4.78 is 24.4. The van der Waals surface area contributed by atoms with Gasteiger partial charge in [0.15, 0.2) is 15.0 Å². The van der Waals surface area contributed by atoms with Crippen LogP contribution in [-0.4, -0.2) is 25.1 Å². The Kier molecular flexibility index (Phi) is 4.50. The standard InChI is InChI=1S/C16H18N2O3S2/c1-11-5-7-12(8-6-11)23(20,21)10-9-15(19)18-16-17-13-3-2-4-14(13)22-16/h5-8H,2-4,9-10H2,1H3,(H,17,18,19). The van der Waals surface area contributed by atoms with Crippen LogP contribution >= 0.6 is 11.3 Å². The summed E-state index contributed by atoms with van der Waals surface area (Å²) in [4.78, 5) is 17.8. The lowest BCUT2D eigenvalue weighted by Crippen LogP contribution is -2.17. The number of anilines is 1. The maximum atomic E-state index is 12.2. The lowest BCUT2D eigenvalue weighted by atomic mass is 10.2. The highest BCUT2D eigenvalue weighted by atomic mass is 32.2. The van der Waals surface area contributed by atoms with E-state index in [1.54, 1.807) is 24.3 Å². The number of carbonyl (C=O) groups is 1. The lowest BCUT2D eigenvalue weighted by Gasteiger charge is -2.05. The molecule has 0 bridgehead atoms. The molecule has 1 aliphatic rings. The van der Waals surface area contributed by atoms with Gasteiger partial charge in [0.1, 0.15) is 0 Å². The minimum Gasteiger partial charge on any atom is -0.302 e.